The van der Waals surface area contributed by atoms with Crippen LogP contribution in [0.15, 0.2) is 42.5 Å². The second-order valence-corrected chi connectivity index (χ2v) is 8.83. The van der Waals surface area contributed by atoms with E-state index in [1.54, 1.807) is 16.2 Å². The molecule has 0 spiro atoms. The van der Waals surface area contributed by atoms with Gasteiger partial charge in [-0.1, -0.05) is 42.1 Å². The number of nitrogens with zero attached hydrogens (tertiary/aromatic N) is 2. The number of benzene rings is 1. The molecule has 0 unspecified atom stereocenters. The molecule has 1 fully saturated rings. The number of hydrogen-bond acceptors (Lipinski definition) is 4. The Bertz CT molecular complexity index is 745. The molecule has 1 aliphatic heterocycles. The predicted octanol–water partition coefficient (Wildman–Crippen LogP) is 4.19. The van der Waals surface area contributed by atoms with Crippen LogP contribution in [-0.4, -0.2) is 46.3 Å². The molecule has 2 amide bonds. The highest BCUT2D eigenvalue weighted by Gasteiger charge is 2.23. The van der Waals surface area contributed by atoms with Crippen molar-refractivity contribution in [1.29, 1.82) is 0 Å². The van der Waals surface area contributed by atoms with Gasteiger partial charge in [0.25, 0.3) is 5.24 Å². The maximum atomic E-state index is 12.8. The zero-order chi connectivity index (χ0) is 18.4. The van der Waals surface area contributed by atoms with Crippen molar-refractivity contribution in [1.82, 2.24) is 9.80 Å². The van der Waals surface area contributed by atoms with Gasteiger partial charge < -0.3 is 9.80 Å². The second kappa shape index (κ2) is 9.24. The first kappa shape index (κ1) is 19.0. The maximum Gasteiger partial charge on any atom is 0.281 e. The summed E-state index contributed by atoms with van der Waals surface area (Å²) in [5.74, 6) is 0.954. The van der Waals surface area contributed by atoms with Crippen molar-refractivity contribution in [2.45, 2.75) is 26.3 Å². The van der Waals surface area contributed by atoms with Crippen LogP contribution in [0, 0.1) is 6.92 Å². The van der Waals surface area contributed by atoms with Crippen molar-refractivity contribution in [2.75, 3.05) is 25.4 Å². The fraction of sp³-hybridized carbons (Fsp3) is 0.400. The van der Waals surface area contributed by atoms with Crippen molar-refractivity contribution in [3.05, 3.63) is 57.8 Å². The third kappa shape index (κ3) is 5.35. The molecule has 0 saturated carbocycles. The predicted molar refractivity (Wildman–Crippen MR) is 109 cm³/mol. The van der Waals surface area contributed by atoms with Gasteiger partial charge in [-0.3, -0.25) is 9.59 Å². The molecular weight excluding hydrogens is 364 g/mol. The molecule has 0 bridgehead atoms. The summed E-state index contributed by atoms with van der Waals surface area (Å²) in [6.07, 6.45) is 1.24. The smallest absolute Gasteiger partial charge is 0.281 e. The molecular formula is C20H24N2O2S2. The lowest BCUT2D eigenvalue weighted by atomic mass is 10.1. The third-order valence-electron chi connectivity index (χ3n) is 4.45. The summed E-state index contributed by atoms with van der Waals surface area (Å²) in [4.78, 5) is 30.7. The van der Waals surface area contributed by atoms with Gasteiger partial charge in [0.2, 0.25) is 5.91 Å². The van der Waals surface area contributed by atoms with E-state index in [2.05, 4.69) is 31.2 Å². The topological polar surface area (TPSA) is 40.6 Å². The summed E-state index contributed by atoms with van der Waals surface area (Å²) in [7, 11) is 0. The summed E-state index contributed by atoms with van der Waals surface area (Å²) >= 11 is 3.08. The highest BCUT2D eigenvalue weighted by atomic mass is 32.2. The maximum absolute atomic E-state index is 12.8. The number of thioether (sulfide) groups is 1. The average Bonchev–Trinajstić information content (AvgIpc) is 3.25. The Morgan fingerprint density at radius 2 is 2.00 bits per heavy atom. The van der Waals surface area contributed by atoms with E-state index in [-0.39, 0.29) is 11.1 Å². The summed E-state index contributed by atoms with van der Waals surface area (Å²) in [5, 5.41) is 0.0996. The number of aryl methyl sites for hydroxylation is 1. The molecule has 2 aromatic rings. The minimum absolute atomic E-state index is 0.0996. The van der Waals surface area contributed by atoms with Crippen LogP contribution in [0.1, 0.15) is 21.7 Å². The Morgan fingerprint density at radius 3 is 2.65 bits per heavy atom. The molecule has 26 heavy (non-hydrogen) atoms. The minimum atomic E-state index is 0.0996. The molecule has 138 valence electrons. The van der Waals surface area contributed by atoms with Gasteiger partial charge in [0.05, 0.1) is 6.54 Å². The monoisotopic (exact) mass is 388 g/mol. The molecule has 1 aliphatic rings. The second-order valence-electron chi connectivity index (χ2n) is 6.41. The Labute approximate surface area is 163 Å². The molecule has 6 heteroatoms. The van der Waals surface area contributed by atoms with Crippen LogP contribution in [0.5, 0.6) is 0 Å². The van der Waals surface area contributed by atoms with Gasteiger partial charge in [-0.05, 0) is 31.0 Å². The number of amides is 2. The number of carbonyl (C=O) groups is 2. The standard InChI is InChI=1S/C20H24N2O2S2/c1-16-7-8-18(26-16)15-22(11-9-17-5-3-2-4-6-17)19(23)10-12-21-13-14-25-20(21)24/h2-8H,9-15H2,1H3. The molecule has 0 atom stereocenters. The average molecular weight is 389 g/mol. The number of hydrogen-bond donors (Lipinski definition) is 0. The normalized spacial score (nSPS) is 14.0. The Hall–Kier alpha value is -1.79. The van der Waals surface area contributed by atoms with Gasteiger partial charge in [-0.2, -0.15) is 0 Å². The first-order valence-corrected chi connectivity index (χ1v) is 10.7. The Balaban J connectivity index is 1.60. The molecule has 0 N–H and O–H groups in total. The lowest BCUT2D eigenvalue weighted by Gasteiger charge is -2.24. The van der Waals surface area contributed by atoms with E-state index < -0.39 is 0 Å². The zero-order valence-electron chi connectivity index (χ0n) is 15.0. The number of rotatable bonds is 8. The zero-order valence-corrected chi connectivity index (χ0v) is 16.7. The SMILES string of the molecule is Cc1ccc(CN(CCc2ccccc2)C(=O)CCN2CCSC2=O)s1. The van der Waals surface area contributed by atoms with Gasteiger partial charge in [-0.25, -0.2) is 0 Å². The highest BCUT2D eigenvalue weighted by molar-refractivity contribution is 8.13. The fourth-order valence-electron chi connectivity index (χ4n) is 2.98. The first-order valence-electron chi connectivity index (χ1n) is 8.90. The lowest BCUT2D eigenvalue weighted by molar-refractivity contribution is -0.131. The summed E-state index contributed by atoms with van der Waals surface area (Å²) in [5.41, 5.74) is 1.23. The van der Waals surface area contributed by atoms with E-state index >= 15 is 0 Å². The van der Waals surface area contributed by atoms with Crippen molar-refractivity contribution in [3.8, 4) is 0 Å². The van der Waals surface area contributed by atoms with Crippen LogP contribution in [0.2, 0.25) is 0 Å². The van der Waals surface area contributed by atoms with Crippen molar-refractivity contribution in [2.24, 2.45) is 0 Å². The minimum Gasteiger partial charge on any atom is -0.337 e. The van der Waals surface area contributed by atoms with E-state index in [1.165, 1.54) is 27.1 Å². The highest BCUT2D eigenvalue weighted by Crippen LogP contribution is 2.20. The summed E-state index contributed by atoms with van der Waals surface area (Å²) < 4.78 is 0. The lowest BCUT2D eigenvalue weighted by Crippen LogP contribution is -2.35. The molecule has 1 saturated heterocycles. The first-order chi connectivity index (χ1) is 12.6. The van der Waals surface area contributed by atoms with Crippen molar-refractivity contribution in [3.63, 3.8) is 0 Å². The van der Waals surface area contributed by atoms with E-state index in [1.807, 2.05) is 23.1 Å². The van der Waals surface area contributed by atoms with E-state index in [9.17, 15) is 9.59 Å². The fourth-order valence-corrected chi connectivity index (χ4v) is 4.73. The molecule has 1 aromatic heterocycles. The van der Waals surface area contributed by atoms with Gasteiger partial charge in [-0.15, -0.1) is 11.3 Å². The van der Waals surface area contributed by atoms with Crippen LogP contribution in [0.3, 0.4) is 0 Å². The molecule has 3 rings (SSSR count). The quantitative estimate of drug-likeness (QED) is 0.681. The molecule has 1 aromatic carbocycles. The summed E-state index contributed by atoms with van der Waals surface area (Å²) in [6.45, 7) is 4.71. The van der Waals surface area contributed by atoms with E-state index in [4.69, 9.17) is 0 Å². The van der Waals surface area contributed by atoms with Gasteiger partial charge >= 0.3 is 0 Å². The number of carbonyl (C=O) groups excluding carboxylic acids is 2. The Morgan fingerprint density at radius 1 is 1.19 bits per heavy atom. The van der Waals surface area contributed by atoms with Crippen LogP contribution in [0.4, 0.5) is 4.79 Å². The Kier molecular flexibility index (Phi) is 6.74. The molecule has 0 aliphatic carbocycles. The third-order valence-corrected chi connectivity index (χ3v) is 6.33. The van der Waals surface area contributed by atoms with Crippen molar-refractivity contribution < 1.29 is 9.59 Å². The van der Waals surface area contributed by atoms with Crippen LogP contribution in [-0.2, 0) is 17.8 Å². The molecule has 4 nitrogen and oxygen atoms in total. The van der Waals surface area contributed by atoms with Crippen LogP contribution >= 0.6 is 23.1 Å². The van der Waals surface area contributed by atoms with Gasteiger partial charge in [0.15, 0.2) is 0 Å². The van der Waals surface area contributed by atoms with Gasteiger partial charge in [0, 0.05) is 41.6 Å². The molecule has 2 heterocycles. The van der Waals surface area contributed by atoms with E-state index in [0.29, 0.717) is 26.1 Å². The van der Waals surface area contributed by atoms with Gasteiger partial charge in [0.1, 0.15) is 0 Å². The van der Waals surface area contributed by atoms with Crippen LogP contribution < -0.4 is 0 Å². The number of thiophene rings is 1. The van der Waals surface area contributed by atoms with Crippen LogP contribution in [0.25, 0.3) is 0 Å². The largest absolute Gasteiger partial charge is 0.337 e. The van der Waals surface area contributed by atoms with E-state index in [0.717, 1.165) is 18.7 Å². The van der Waals surface area contributed by atoms with Crippen molar-refractivity contribution >= 4 is 34.2 Å². The summed E-state index contributed by atoms with van der Waals surface area (Å²) in [6, 6.07) is 14.5. The molecule has 0 radical (unpaired) electrons.